The van der Waals surface area contributed by atoms with E-state index >= 15 is 0 Å². The predicted molar refractivity (Wildman–Crippen MR) is 324 cm³/mol. The predicted octanol–water partition coefficient (Wildman–Crippen LogP) is 12.3. The minimum atomic E-state index is -0.187. The summed E-state index contributed by atoms with van der Waals surface area (Å²) in [5.41, 5.74) is 9.15. The number of fused-ring (bicyclic) bond motifs is 3. The summed E-state index contributed by atoms with van der Waals surface area (Å²) in [7, 11) is 9.84. The number of hydrogen-bond donors (Lipinski definition) is 0. The van der Waals surface area contributed by atoms with Gasteiger partial charge in [-0.15, -0.1) is 0 Å². The second kappa shape index (κ2) is 32.1. The molecule has 0 amide bonds. The molecule has 18 nitrogen and oxygen atoms in total. The van der Waals surface area contributed by atoms with Gasteiger partial charge in [0.1, 0.15) is 39.6 Å². The molecule has 0 N–H and O–H groups in total. The monoisotopic (exact) mass is 1200 g/mol. The lowest BCUT2D eigenvalue weighted by Crippen LogP contribution is -2.22. The molecular weight excluding hydrogens is 1120 g/mol. The Hall–Kier alpha value is -7.32. The molecule has 0 aromatic heterocycles. The molecule has 6 aromatic carbocycles. The largest absolute Gasteiger partial charge is 0.493 e. The summed E-state index contributed by atoms with van der Waals surface area (Å²) in [6, 6.07) is 29.8. The fourth-order valence-corrected chi connectivity index (χ4v) is 11.1. The Bertz CT molecular complexity index is 2820. The van der Waals surface area contributed by atoms with Crippen molar-refractivity contribution in [1.82, 2.24) is 0 Å². The van der Waals surface area contributed by atoms with Crippen molar-refractivity contribution < 1.29 is 85.3 Å². The average molecular weight is 1200 g/mol. The highest BCUT2D eigenvalue weighted by Gasteiger charge is 2.25. The Morgan fingerprint density at radius 2 is 0.529 bits per heavy atom. The minimum Gasteiger partial charge on any atom is -0.493 e. The van der Waals surface area contributed by atoms with E-state index in [9.17, 15) is 0 Å². The summed E-state index contributed by atoms with van der Waals surface area (Å²) < 4.78 is 109. The molecule has 468 valence electrons. The fourth-order valence-electron chi connectivity index (χ4n) is 11.1. The Morgan fingerprint density at radius 1 is 0.287 bits per heavy atom. The maximum Gasteiger partial charge on any atom is 0.161 e. The first-order valence-corrected chi connectivity index (χ1v) is 30.4. The maximum absolute atomic E-state index is 6.51. The summed E-state index contributed by atoms with van der Waals surface area (Å²) in [4.78, 5) is 0. The SMILES string of the molecule is COc1cc(COC2CCCCO2)ccc1OCCOc1cc2c(cc1OC)Cc1cc(OCCOc3ccc(COC4CCCCO4)cc3OC)c(OC)cc1Cc1cc(OCCOc3ccc(COC4CCCCO4)cc3OC)c(OC)cc1C2. The number of ether oxygens (including phenoxy) is 18. The molecule has 1 aliphatic carbocycles. The van der Waals surface area contributed by atoms with Crippen LogP contribution in [0.25, 0.3) is 0 Å². The zero-order valence-corrected chi connectivity index (χ0v) is 51.2. The van der Waals surface area contributed by atoms with E-state index < -0.39 is 0 Å². The lowest BCUT2D eigenvalue weighted by Gasteiger charge is -2.22. The molecule has 3 fully saturated rings. The zero-order valence-electron chi connectivity index (χ0n) is 51.2. The first kappa shape index (κ1) is 62.7. The van der Waals surface area contributed by atoms with Gasteiger partial charge in [0.2, 0.25) is 0 Å². The number of benzene rings is 6. The Morgan fingerprint density at radius 3 is 0.770 bits per heavy atom. The lowest BCUT2D eigenvalue weighted by atomic mass is 9.94. The summed E-state index contributed by atoms with van der Waals surface area (Å²) in [6.07, 6.45) is 10.3. The van der Waals surface area contributed by atoms with E-state index in [1.54, 1.807) is 42.7 Å². The van der Waals surface area contributed by atoms with Crippen molar-refractivity contribution in [2.45, 2.75) is 116 Å². The summed E-state index contributed by atoms with van der Waals surface area (Å²) in [5.74, 6) is 7.13. The zero-order chi connectivity index (χ0) is 60.2. The van der Waals surface area contributed by atoms with Gasteiger partial charge in [-0.25, -0.2) is 0 Å². The third kappa shape index (κ3) is 17.3. The van der Waals surface area contributed by atoms with Crippen molar-refractivity contribution in [3.05, 3.63) is 141 Å². The maximum atomic E-state index is 6.51. The van der Waals surface area contributed by atoms with Crippen LogP contribution in [0.5, 0.6) is 69.0 Å². The molecule has 3 heterocycles. The second-order valence-corrected chi connectivity index (χ2v) is 21.7. The molecule has 3 aliphatic heterocycles. The van der Waals surface area contributed by atoms with Gasteiger partial charge < -0.3 is 85.3 Å². The van der Waals surface area contributed by atoms with Crippen LogP contribution in [0.4, 0.5) is 0 Å². The molecule has 3 atom stereocenters. The number of rotatable bonds is 30. The third-order valence-electron chi connectivity index (χ3n) is 15.8. The molecule has 3 saturated heterocycles. The summed E-state index contributed by atoms with van der Waals surface area (Å²) >= 11 is 0. The van der Waals surface area contributed by atoms with E-state index in [1.165, 1.54) is 0 Å². The molecule has 87 heavy (non-hydrogen) atoms. The first-order chi connectivity index (χ1) is 42.8. The van der Waals surface area contributed by atoms with Gasteiger partial charge in [-0.1, -0.05) is 18.2 Å². The molecule has 0 spiro atoms. The van der Waals surface area contributed by atoms with Gasteiger partial charge in [-0.05, 0) is 200 Å². The van der Waals surface area contributed by atoms with Gasteiger partial charge in [0.15, 0.2) is 87.9 Å². The highest BCUT2D eigenvalue weighted by molar-refractivity contribution is 5.58. The second-order valence-electron chi connectivity index (χ2n) is 21.7. The van der Waals surface area contributed by atoms with Crippen LogP contribution in [0.15, 0.2) is 91.0 Å². The molecule has 10 rings (SSSR count). The summed E-state index contributed by atoms with van der Waals surface area (Å²) in [6.45, 7) is 4.86. The van der Waals surface area contributed by atoms with Crippen LogP contribution in [-0.2, 0) is 67.5 Å². The Balaban J connectivity index is 0.859. The smallest absolute Gasteiger partial charge is 0.161 e. The minimum absolute atomic E-state index is 0.187. The van der Waals surface area contributed by atoms with Gasteiger partial charge in [-0.3, -0.25) is 0 Å². The van der Waals surface area contributed by atoms with Crippen molar-refractivity contribution in [3.63, 3.8) is 0 Å². The van der Waals surface area contributed by atoms with Gasteiger partial charge in [-0.2, -0.15) is 0 Å². The van der Waals surface area contributed by atoms with E-state index in [0.29, 0.717) is 108 Å². The van der Waals surface area contributed by atoms with Crippen molar-refractivity contribution >= 4 is 0 Å². The standard InChI is InChI=1S/C69H84O18/c1-70-58-31-46(43-85-67-13-7-10-22-82-67)16-19-55(58)76-25-28-79-64-40-52-34-50-38-62(74-5)66(81-30-27-78-57-21-18-48(33-60(57)72-3)45-87-69-15-9-12-24-84-69)42-54(50)36-51-39-63(75-6)65(41-53(51)35-49(52)37-61(64)73-4)80-29-26-77-56-20-17-47(32-59(56)71-2)44-86-68-14-8-11-23-83-68/h16-21,31-33,37-42,67-69H,7-15,22-30,34-36,43-45H2,1-6H3. The lowest BCUT2D eigenvalue weighted by molar-refractivity contribution is -0.169. The van der Waals surface area contributed by atoms with Gasteiger partial charge >= 0.3 is 0 Å². The topological polar surface area (TPSA) is 166 Å². The first-order valence-electron chi connectivity index (χ1n) is 30.4. The molecule has 6 aromatic rings. The Labute approximate surface area is 511 Å². The molecule has 0 saturated carbocycles. The number of hydrogen-bond acceptors (Lipinski definition) is 18. The molecule has 18 heteroatoms. The van der Waals surface area contributed by atoms with Gasteiger partial charge in [0.05, 0.1) is 62.5 Å². The van der Waals surface area contributed by atoms with Gasteiger partial charge in [0.25, 0.3) is 0 Å². The van der Waals surface area contributed by atoms with Crippen molar-refractivity contribution in [3.8, 4) is 69.0 Å². The third-order valence-corrected chi connectivity index (χ3v) is 15.8. The quantitative estimate of drug-likeness (QED) is 0.0390. The van der Waals surface area contributed by atoms with E-state index in [2.05, 4.69) is 36.4 Å². The molecular formula is C69H84O18. The van der Waals surface area contributed by atoms with Crippen LogP contribution >= 0.6 is 0 Å². The molecule has 0 radical (unpaired) electrons. The molecule has 4 aliphatic rings. The van der Waals surface area contributed by atoms with Crippen molar-refractivity contribution in [1.29, 1.82) is 0 Å². The highest BCUT2D eigenvalue weighted by atomic mass is 16.7. The van der Waals surface area contributed by atoms with Crippen LogP contribution < -0.4 is 56.8 Å². The fraction of sp³-hybridized carbons (Fsp3) is 0.478. The van der Waals surface area contributed by atoms with Crippen LogP contribution in [0.1, 0.15) is 108 Å². The van der Waals surface area contributed by atoms with E-state index in [4.69, 9.17) is 85.3 Å². The van der Waals surface area contributed by atoms with Crippen LogP contribution in [-0.4, -0.2) is 121 Å². The highest BCUT2D eigenvalue weighted by Crippen LogP contribution is 2.42. The molecule has 0 bridgehead atoms. The van der Waals surface area contributed by atoms with E-state index in [0.717, 1.165) is 128 Å². The van der Waals surface area contributed by atoms with Crippen LogP contribution in [0.2, 0.25) is 0 Å². The van der Waals surface area contributed by atoms with Crippen LogP contribution in [0, 0.1) is 0 Å². The number of methoxy groups -OCH3 is 6. The normalized spacial score (nSPS) is 17.4. The van der Waals surface area contributed by atoms with E-state index in [1.807, 2.05) is 54.6 Å². The van der Waals surface area contributed by atoms with Crippen molar-refractivity contribution in [2.75, 3.05) is 102 Å². The summed E-state index contributed by atoms with van der Waals surface area (Å²) in [5, 5.41) is 0. The van der Waals surface area contributed by atoms with Crippen molar-refractivity contribution in [2.24, 2.45) is 0 Å². The average Bonchev–Trinajstić information content (AvgIpc) is 2.66. The Kier molecular flexibility index (Phi) is 23.1. The molecule has 3 unspecified atom stereocenters. The van der Waals surface area contributed by atoms with Gasteiger partial charge in [0, 0.05) is 19.8 Å². The van der Waals surface area contributed by atoms with E-state index in [-0.39, 0.29) is 58.5 Å². The van der Waals surface area contributed by atoms with Crippen LogP contribution in [0.3, 0.4) is 0 Å².